The summed E-state index contributed by atoms with van der Waals surface area (Å²) in [5.41, 5.74) is 2.18. The summed E-state index contributed by atoms with van der Waals surface area (Å²) in [6, 6.07) is 7.98. The van der Waals surface area contributed by atoms with Crippen molar-refractivity contribution in [3.8, 4) is 5.75 Å². The van der Waals surface area contributed by atoms with Crippen LogP contribution in [0.5, 0.6) is 5.75 Å². The Morgan fingerprint density at radius 1 is 1.16 bits per heavy atom. The van der Waals surface area contributed by atoms with E-state index in [0.29, 0.717) is 6.42 Å². The van der Waals surface area contributed by atoms with E-state index in [1.807, 2.05) is 38.1 Å². The molecule has 0 saturated carbocycles. The molecule has 102 valence electrons. The SMILES string of the molecule is CC(C)Oc1ccccc1C1=CC(=O)CC(C)(C)C1. The normalized spacial score (nSPS) is 18.4. The lowest BCUT2D eigenvalue weighted by Crippen LogP contribution is -2.21. The van der Waals surface area contributed by atoms with Crippen LogP contribution in [0.4, 0.5) is 0 Å². The van der Waals surface area contributed by atoms with Gasteiger partial charge in [-0.3, -0.25) is 4.79 Å². The van der Waals surface area contributed by atoms with Gasteiger partial charge in [0, 0.05) is 12.0 Å². The van der Waals surface area contributed by atoms with Crippen LogP contribution in [-0.2, 0) is 4.79 Å². The molecule has 0 spiro atoms. The highest BCUT2D eigenvalue weighted by atomic mass is 16.5. The second-order valence-corrected chi connectivity index (χ2v) is 6.32. The Morgan fingerprint density at radius 2 is 1.84 bits per heavy atom. The van der Waals surface area contributed by atoms with Crippen molar-refractivity contribution in [2.75, 3.05) is 0 Å². The van der Waals surface area contributed by atoms with E-state index in [4.69, 9.17) is 4.74 Å². The van der Waals surface area contributed by atoms with Crippen molar-refractivity contribution in [2.24, 2.45) is 5.41 Å². The molecule has 0 heterocycles. The molecule has 1 aliphatic rings. The van der Waals surface area contributed by atoms with Crippen molar-refractivity contribution in [3.05, 3.63) is 35.9 Å². The van der Waals surface area contributed by atoms with Crippen LogP contribution in [-0.4, -0.2) is 11.9 Å². The Hall–Kier alpha value is -1.57. The standard InChI is InChI=1S/C17H22O2/c1-12(2)19-16-8-6-5-7-15(16)13-9-14(18)11-17(3,4)10-13/h5-9,12H,10-11H2,1-4H3. The molecule has 0 amide bonds. The summed E-state index contributed by atoms with van der Waals surface area (Å²) in [6.45, 7) is 8.32. The molecule has 2 heteroatoms. The monoisotopic (exact) mass is 258 g/mol. The first kappa shape index (κ1) is 13.9. The highest BCUT2D eigenvalue weighted by molar-refractivity contribution is 5.99. The first-order valence-electron chi connectivity index (χ1n) is 6.87. The smallest absolute Gasteiger partial charge is 0.156 e. The fraction of sp³-hybridized carbons (Fsp3) is 0.471. The topological polar surface area (TPSA) is 26.3 Å². The molecule has 19 heavy (non-hydrogen) atoms. The van der Waals surface area contributed by atoms with Gasteiger partial charge in [-0.1, -0.05) is 32.0 Å². The summed E-state index contributed by atoms with van der Waals surface area (Å²) < 4.78 is 5.85. The van der Waals surface area contributed by atoms with Crippen molar-refractivity contribution in [1.82, 2.24) is 0 Å². The molecule has 0 N–H and O–H groups in total. The van der Waals surface area contributed by atoms with E-state index in [0.717, 1.165) is 23.3 Å². The summed E-state index contributed by atoms with van der Waals surface area (Å²) in [7, 11) is 0. The quantitative estimate of drug-likeness (QED) is 0.810. The molecule has 0 atom stereocenters. The zero-order chi connectivity index (χ0) is 14.0. The number of hydrogen-bond acceptors (Lipinski definition) is 2. The molecule has 0 bridgehead atoms. The van der Waals surface area contributed by atoms with Crippen molar-refractivity contribution >= 4 is 11.4 Å². The van der Waals surface area contributed by atoms with E-state index >= 15 is 0 Å². The van der Waals surface area contributed by atoms with Gasteiger partial charge in [0.2, 0.25) is 0 Å². The number of benzene rings is 1. The lowest BCUT2D eigenvalue weighted by atomic mass is 9.75. The molecule has 1 aromatic rings. The summed E-state index contributed by atoms with van der Waals surface area (Å²) >= 11 is 0. The molecule has 1 aromatic carbocycles. The Labute approximate surface area is 115 Å². The average molecular weight is 258 g/mol. The van der Waals surface area contributed by atoms with Crippen LogP contribution in [0.1, 0.15) is 46.1 Å². The molecule has 1 aliphatic carbocycles. The average Bonchev–Trinajstić information content (AvgIpc) is 2.26. The van der Waals surface area contributed by atoms with Gasteiger partial charge in [-0.2, -0.15) is 0 Å². The molecular formula is C17H22O2. The van der Waals surface area contributed by atoms with Gasteiger partial charge >= 0.3 is 0 Å². The van der Waals surface area contributed by atoms with Crippen LogP contribution in [0.15, 0.2) is 30.3 Å². The third-order valence-corrected chi connectivity index (χ3v) is 3.25. The minimum Gasteiger partial charge on any atom is -0.490 e. The number of para-hydroxylation sites is 1. The number of hydrogen-bond donors (Lipinski definition) is 0. The van der Waals surface area contributed by atoms with Crippen molar-refractivity contribution < 1.29 is 9.53 Å². The first-order valence-corrected chi connectivity index (χ1v) is 6.87. The van der Waals surface area contributed by atoms with Crippen molar-refractivity contribution in [1.29, 1.82) is 0 Å². The van der Waals surface area contributed by atoms with E-state index in [2.05, 4.69) is 13.8 Å². The van der Waals surface area contributed by atoms with E-state index < -0.39 is 0 Å². The second-order valence-electron chi connectivity index (χ2n) is 6.32. The van der Waals surface area contributed by atoms with Gasteiger partial charge in [0.25, 0.3) is 0 Å². The largest absolute Gasteiger partial charge is 0.490 e. The lowest BCUT2D eigenvalue weighted by molar-refractivity contribution is -0.116. The van der Waals surface area contributed by atoms with Crippen molar-refractivity contribution in [2.45, 2.75) is 46.6 Å². The fourth-order valence-electron chi connectivity index (χ4n) is 2.61. The van der Waals surface area contributed by atoms with E-state index in [-0.39, 0.29) is 17.3 Å². The zero-order valence-corrected chi connectivity index (χ0v) is 12.2. The Balaban J connectivity index is 2.39. The number of ether oxygens (including phenoxy) is 1. The highest BCUT2D eigenvalue weighted by Crippen LogP contribution is 2.40. The lowest BCUT2D eigenvalue weighted by Gasteiger charge is -2.29. The van der Waals surface area contributed by atoms with Gasteiger partial charge < -0.3 is 4.74 Å². The van der Waals surface area contributed by atoms with Gasteiger partial charge in [-0.15, -0.1) is 0 Å². The molecule has 0 unspecified atom stereocenters. The van der Waals surface area contributed by atoms with Crippen LogP contribution in [0.3, 0.4) is 0 Å². The fourth-order valence-corrected chi connectivity index (χ4v) is 2.61. The predicted molar refractivity (Wildman–Crippen MR) is 78.2 cm³/mol. The number of ketones is 1. The third-order valence-electron chi connectivity index (χ3n) is 3.25. The molecule has 2 rings (SSSR count). The van der Waals surface area contributed by atoms with Gasteiger partial charge in [-0.25, -0.2) is 0 Å². The Kier molecular flexibility index (Phi) is 3.79. The number of allylic oxidation sites excluding steroid dienone is 2. The minimum atomic E-state index is 0.0338. The third kappa shape index (κ3) is 3.46. The molecule has 0 radical (unpaired) electrons. The van der Waals surface area contributed by atoms with E-state index in [1.165, 1.54) is 0 Å². The molecular weight excluding hydrogens is 236 g/mol. The van der Waals surface area contributed by atoms with Crippen LogP contribution in [0, 0.1) is 5.41 Å². The van der Waals surface area contributed by atoms with Crippen LogP contribution in [0.25, 0.3) is 5.57 Å². The van der Waals surface area contributed by atoms with E-state index in [1.54, 1.807) is 6.08 Å². The maximum Gasteiger partial charge on any atom is 0.156 e. The minimum absolute atomic E-state index is 0.0338. The Bertz CT molecular complexity index is 510. The molecule has 0 saturated heterocycles. The zero-order valence-electron chi connectivity index (χ0n) is 12.2. The van der Waals surface area contributed by atoms with Crippen LogP contribution < -0.4 is 4.74 Å². The molecule has 2 nitrogen and oxygen atoms in total. The molecule has 0 aliphatic heterocycles. The summed E-state index contributed by atoms with van der Waals surface area (Å²) in [5, 5.41) is 0. The van der Waals surface area contributed by atoms with Gasteiger partial charge in [0.1, 0.15) is 5.75 Å². The number of rotatable bonds is 3. The maximum atomic E-state index is 11.9. The summed E-state index contributed by atoms with van der Waals surface area (Å²) in [4.78, 5) is 11.9. The predicted octanol–water partition coefficient (Wildman–Crippen LogP) is 4.25. The summed E-state index contributed by atoms with van der Waals surface area (Å²) in [6.07, 6.45) is 3.46. The first-order chi connectivity index (χ1) is 8.87. The Morgan fingerprint density at radius 3 is 2.47 bits per heavy atom. The maximum absolute atomic E-state index is 11.9. The van der Waals surface area contributed by atoms with Crippen LogP contribution >= 0.6 is 0 Å². The second kappa shape index (κ2) is 5.20. The van der Waals surface area contributed by atoms with Crippen molar-refractivity contribution in [3.63, 3.8) is 0 Å². The highest BCUT2D eigenvalue weighted by Gasteiger charge is 2.28. The van der Waals surface area contributed by atoms with E-state index in [9.17, 15) is 4.79 Å². The van der Waals surface area contributed by atoms with Gasteiger partial charge in [-0.05, 0) is 43.4 Å². The molecule has 0 aromatic heterocycles. The molecule has 0 fully saturated rings. The summed E-state index contributed by atoms with van der Waals surface area (Å²) in [5.74, 6) is 1.08. The van der Waals surface area contributed by atoms with Crippen LogP contribution in [0.2, 0.25) is 0 Å². The number of carbonyl (C=O) groups is 1. The van der Waals surface area contributed by atoms with Gasteiger partial charge in [0.05, 0.1) is 6.10 Å². The number of carbonyl (C=O) groups excluding carboxylic acids is 1. The van der Waals surface area contributed by atoms with Gasteiger partial charge in [0.15, 0.2) is 5.78 Å².